The SMILES string of the molecule is O=C(Cc1cc2c(cc1Br)OCCO2)Nc1ccc2nc(N3CCOCC3)sc2c1. The van der Waals surface area contributed by atoms with Gasteiger partial charge in [-0.05, 0) is 35.9 Å². The third kappa shape index (κ3) is 4.10. The van der Waals surface area contributed by atoms with Gasteiger partial charge in [0.05, 0.1) is 29.9 Å². The highest BCUT2D eigenvalue weighted by molar-refractivity contribution is 9.10. The second-order valence-corrected chi connectivity index (χ2v) is 8.95. The van der Waals surface area contributed by atoms with Gasteiger partial charge in [0, 0.05) is 23.2 Å². The monoisotopic (exact) mass is 489 g/mol. The number of anilines is 2. The number of aromatic nitrogens is 1. The summed E-state index contributed by atoms with van der Waals surface area (Å²) in [7, 11) is 0. The summed E-state index contributed by atoms with van der Waals surface area (Å²) < 4.78 is 18.5. The highest BCUT2D eigenvalue weighted by Crippen LogP contribution is 2.36. The molecule has 1 N–H and O–H groups in total. The number of fused-ring (bicyclic) bond motifs is 2. The lowest BCUT2D eigenvalue weighted by atomic mass is 10.1. The standard InChI is InChI=1S/C21H20BrN3O4S/c22-15-12-18-17(28-7-8-29-18)9-13(15)10-20(26)23-14-1-2-16-19(11-14)30-21(24-16)25-3-5-27-6-4-25/h1-2,9,11-12H,3-8,10H2,(H,23,26). The van der Waals surface area contributed by atoms with Gasteiger partial charge in [-0.25, -0.2) is 4.98 Å². The zero-order valence-electron chi connectivity index (χ0n) is 16.2. The molecule has 3 aromatic rings. The molecule has 0 spiro atoms. The van der Waals surface area contributed by atoms with Crippen LogP contribution in [-0.4, -0.2) is 50.4 Å². The number of benzene rings is 2. The Morgan fingerprint density at radius 1 is 1.10 bits per heavy atom. The summed E-state index contributed by atoms with van der Waals surface area (Å²) in [5.74, 6) is 1.28. The molecular formula is C21H20BrN3O4S. The van der Waals surface area contributed by atoms with E-state index < -0.39 is 0 Å². The summed E-state index contributed by atoms with van der Waals surface area (Å²) in [6.45, 7) is 4.22. The Hall–Kier alpha value is -2.36. The summed E-state index contributed by atoms with van der Waals surface area (Å²) in [5.41, 5.74) is 2.55. The molecule has 2 aliphatic heterocycles. The van der Waals surface area contributed by atoms with E-state index in [-0.39, 0.29) is 12.3 Å². The average Bonchev–Trinajstić information content (AvgIpc) is 3.18. The number of rotatable bonds is 4. The first kappa shape index (κ1) is 19.6. The third-order valence-electron chi connectivity index (χ3n) is 5.00. The number of ether oxygens (including phenoxy) is 3. The zero-order chi connectivity index (χ0) is 20.5. The Labute approximate surface area is 186 Å². The Morgan fingerprint density at radius 3 is 2.67 bits per heavy atom. The fraction of sp³-hybridized carbons (Fsp3) is 0.333. The maximum absolute atomic E-state index is 12.7. The van der Waals surface area contributed by atoms with Crippen molar-refractivity contribution in [2.75, 3.05) is 49.7 Å². The van der Waals surface area contributed by atoms with Crippen LogP contribution >= 0.6 is 27.3 Å². The van der Waals surface area contributed by atoms with E-state index >= 15 is 0 Å². The lowest BCUT2D eigenvalue weighted by Crippen LogP contribution is -2.36. The van der Waals surface area contributed by atoms with E-state index in [4.69, 9.17) is 19.2 Å². The van der Waals surface area contributed by atoms with E-state index in [2.05, 4.69) is 26.1 Å². The number of nitrogens with one attached hydrogen (secondary N) is 1. The van der Waals surface area contributed by atoms with Crippen LogP contribution in [0.25, 0.3) is 10.2 Å². The molecule has 0 aliphatic carbocycles. The topological polar surface area (TPSA) is 72.9 Å². The Morgan fingerprint density at radius 2 is 1.87 bits per heavy atom. The predicted molar refractivity (Wildman–Crippen MR) is 120 cm³/mol. The molecule has 0 saturated carbocycles. The molecule has 5 rings (SSSR count). The van der Waals surface area contributed by atoms with Crippen LogP contribution in [0.5, 0.6) is 11.5 Å². The number of thiazole rings is 1. The van der Waals surface area contributed by atoms with E-state index in [1.165, 1.54) is 0 Å². The van der Waals surface area contributed by atoms with Crippen LogP contribution in [0.3, 0.4) is 0 Å². The molecule has 1 amide bonds. The van der Waals surface area contributed by atoms with Gasteiger partial charge in [-0.1, -0.05) is 27.3 Å². The van der Waals surface area contributed by atoms with Crippen LogP contribution in [-0.2, 0) is 16.0 Å². The number of amides is 1. The Balaban J connectivity index is 1.30. The number of hydrogen-bond acceptors (Lipinski definition) is 7. The maximum Gasteiger partial charge on any atom is 0.228 e. The number of halogens is 1. The van der Waals surface area contributed by atoms with Crippen molar-refractivity contribution in [3.05, 3.63) is 40.4 Å². The summed E-state index contributed by atoms with van der Waals surface area (Å²) in [6.07, 6.45) is 0.233. The number of nitrogens with zero attached hydrogens (tertiary/aromatic N) is 2. The first-order valence-corrected chi connectivity index (χ1v) is 11.4. The van der Waals surface area contributed by atoms with Gasteiger partial charge in [-0.2, -0.15) is 0 Å². The first-order valence-electron chi connectivity index (χ1n) is 9.77. The summed E-state index contributed by atoms with van der Waals surface area (Å²) >= 11 is 5.16. The van der Waals surface area contributed by atoms with E-state index in [0.29, 0.717) is 24.7 Å². The fourth-order valence-electron chi connectivity index (χ4n) is 3.50. The number of hydrogen-bond donors (Lipinski definition) is 1. The van der Waals surface area contributed by atoms with Crippen LogP contribution in [0.1, 0.15) is 5.56 Å². The van der Waals surface area contributed by atoms with Gasteiger partial charge < -0.3 is 24.4 Å². The third-order valence-corrected chi connectivity index (χ3v) is 6.82. The summed E-state index contributed by atoms with van der Waals surface area (Å²) in [6, 6.07) is 9.54. The highest BCUT2D eigenvalue weighted by atomic mass is 79.9. The van der Waals surface area contributed by atoms with E-state index in [9.17, 15) is 4.79 Å². The van der Waals surface area contributed by atoms with Crippen molar-refractivity contribution in [2.24, 2.45) is 0 Å². The number of morpholine rings is 1. The van der Waals surface area contributed by atoms with E-state index in [1.54, 1.807) is 11.3 Å². The molecule has 0 bridgehead atoms. The molecule has 3 heterocycles. The molecule has 9 heteroatoms. The molecule has 0 atom stereocenters. The molecule has 156 valence electrons. The van der Waals surface area contributed by atoms with Crippen molar-refractivity contribution < 1.29 is 19.0 Å². The summed E-state index contributed by atoms with van der Waals surface area (Å²) in [4.78, 5) is 19.6. The molecular weight excluding hydrogens is 470 g/mol. The van der Waals surface area contributed by atoms with Crippen molar-refractivity contribution in [1.29, 1.82) is 0 Å². The molecule has 2 aromatic carbocycles. The van der Waals surface area contributed by atoms with Gasteiger partial charge in [0.1, 0.15) is 13.2 Å². The van der Waals surface area contributed by atoms with Crippen molar-refractivity contribution in [3.63, 3.8) is 0 Å². The summed E-state index contributed by atoms with van der Waals surface area (Å²) in [5, 5.41) is 3.99. The van der Waals surface area contributed by atoms with Gasteiger partial charge in [-0.3, -0.25) is 4.79 Å². The zero-order valence-corrected chi connectivity index (χ0v) is 18.6. The van der Waals surface area contributed by atoms with Gasteiger partial charge in [0.25, 0.3) is 0 Å². The Bertz CT molecular complexity index is 1100. The predicted octanol–water partition coefficient (Wildman–Crippen LogP) is 3.85. The highest BCUT2D eigenvalue weighted by Gasteiger charge is 2.18. The normalized spacial score (nSPS) is 16.0. The van der Waals surface area contributed by atoms with E-state index in [1.807, 2.05) is 30.3 Å². The van der Waals surface area contributed by atoms with Gasteiger partial charge >= 0.3 is 0 Å². The molecule has 0 unspecified atom stereocenters. The van der Waals surface area contributed by atoms with Crippen LogP contribution in [0.2, 0.25) is 0 Å². The lowest BCUT2D eigenvalue weighted by molar-refractivity contribution is -0.115. The van der Waals surface area contributed by atoms with Crippen molar-refractivity contribution in [3.8, 4) is 11.5 Å². The minimum Gasteiger partial charge on any atom is -0.486 e. The molecule has 7 nitrogen and oxygen atoms in total. The molecule has 2 aliphatic rings. The molecule has 30 heavy (non-hydrogen) atoms. The molecule has 1 saturated heterocycles. The van der Waals surface area contributed by atoms with Crippen LogP contribution in [0.15, 0.2) is 34.8 Å². The first-order chi connectivity index (χ1) is 14.7. The lowest BCUT2D eigenvalue weighted by Gasteiger charge is -2.25. The van der Waals surface area contributed by atoms with Crippen molar-refractivity contribution in [2.45, 2.75) is 6.42 Å². The minimum absolute atomic E-state index is 0.0929. The Kier molecular flexibility index (Phi) is 5.49. The van der Waals surface area contributed by atoms with Gasteiger partial charge in [-0.15, -0.1) is 0 Å². The van der Waals surface area contributed by atoms with Gasteiger partial charge in [0.2, 0.25) is 5.91 Å². The van der Waals surface area contributed by atoms with Gasteiger partial charge in [0.15, 0.2) is 16.6 Å². The minimum atomic E-state index is -0.0929. The van der Waals surface area contributed by atoms with E-state index in [0.717, 1.165) is 57.4 Å². The molecule has 0 radical (unpaired) electrons. The van der Waals surface area contributed by atoms with Crippen molar-refractivity contribution in [1.82, 2.24) is 4.98 Å². The second-order valence-electron chi connectivity index (χ2n) is 7.09. The van der Waals surface area contributed by atoms with Crippen LogP contribution in [0, 0.1) is 0 Å². The second kappa shape index (κ2) is 8.41. The fourth-order valence-corrected chi connectivity index (χ4v) is 5.02. The largest absolute Gasteiger partial charge is 0.486 e. The molecule has 1 fully saturated rings. The number of carbonyl (C=O) groups is 1. The molecule has 1 aromatic heterocycles. The number of carbonyl (C=O) groups excluding carboxylic acids is 1. The smallest absolute Gasteiger partial charge is 0.228 e. The van der Waals surface area contributed by atoms with Crippen LogP contribution < -0.4 is 19.7 Å². The maximum atomic E-state index is 12.7. The van der Waals surface area contributed by atoms with Crippen LogP contribution in [0.4, 0.5) is 10.8 Å². The average molecular weight is 490 g/mol. The van der Waals surface area contributed by atoms with Crippen molar-refractivity contribution >= 4 is 54.2 Å². The quantitative estimate of drug-likeness (QED) is 0.599.